The molecule has 0 bridgehead atoms. The normalized spacial score (nSPS) is 21.5. The van der Waals surface area contributed by atoms with Gasteiger partial charge in [-0.1, -0.05) is 12.5 Å². The summed E-state index contributed by atoms with van der Waals surface area (Å²) in [6, 6.07) is 6.80. The predicted octanol–water partition coefficient (Wildman–Crippen LogP) is 3.08. The van der Waals surface area contributed by atoms with Crippen LogP contribution in [0.3, 0.4) is 0 Å². The monoisotopic (exact) mass is 255 g/mol. The van der Waals surface area contributed by atoms with Crippen molar-refractivity contribution in [1.29, 1.82) is 0 Å². The first-order chi connectivity index (χ1) is 9.31. The van der Waals surface area contributed by atoms with Crippen molar-refractivity contribution in [1.82, 2.24) is 15.3 Å². The van der Waals surface area contributed by atoms with Gasteiger partial charge in [-0.2, -0.15) is 0 Å². The second kappa shape index (κ2) is 4.07. The van der Waals surface area contributed by atoms with E-state index in [2.05, 4.69) is 28.5 Å². The predicted molar refractivity (Wildman–Crippen MR) is 77.5 cm³/mol. The zero-order valence-corrected chi connectivity index (χ0v) is 11.5. The van der Waals surface area contributed by atoms with Gasteiger partial charge in [0.25, 0.3) is 0 Å². The Morgan fingerprint density at radius 3 is 2.84 bits per heavy atom. The summed E-state index contributed by atoms with van der Waals surface area (Å²) >= 11 is 0. The number of nitrogens with one attached hydrogen (secondary N) is 2. The molecule has 4 rings (SSSR count). The van der Waals surface area contributed by atoms with E-state index < -0.39 is 0 Å². The Morgan fingerprint density at radius 1 is 1.37 bits per heavy atom. The summed E-state index contributed by atoms with van der Waals surface area (Å²) in [5.41, 5.74) is 4.22. The average Bonchev–Trinajstić information content (AvgIpc) is 3.00. The second-order valence-electron chi connectivity index (χ2n) is 6.29. The number of hydrogen-bond acceptors (Lipinski definition) is 2. The molecular weight excluding hydrogens is 234 g/mol. The molecule has 2 saturated carbocycles. The molecule has 0 amide bonds. The van der Waals surface area contributed by atoms with Crippen molar-refractivity contribution in [2.24, 2.45) is 0 Å². The fourth-order valence-corrected chi connectivity index (χ4v) is 3.29. The van der Waals surface area contributed by atoms with Crippen LogP contribution in [-0.2, 0) is 5.41 Å². The molecule has 2 aliphatic rings. The second-order valence-corrected chi connectivity index (χ2v) is 6.29. The van der Waals surface area contributed by atoms with Crippen molar-refractivity contribution < 1.29 is 0 Å². The lowest BCUT2D eigenvalue weighted by atomic mass is 9.85. The summed E-state index contributed by atoms with van der Waals surface area (Å²) in [7, 11) is 2.05. The average molecular weight is 255 g/mol. The maximum atomic E-state index is 4.75. The van der Waals surface area contributed by atoms with Gasteiger partial charge in [0.1, 0.15) is 5.82 Å². The van der Waals surface area contributed by atoms with Gasteiger partial charge in [-0.15, -0.1) is 0 Å². The minimum absolute atomic E-state index is 0.394. The van der Waals surface area contributed by atoms with Crippen LogP contribution < -0.4 is 5.32 Å². The number of nitrogens with zero attached hydrogens (tertiary/aromatic N) is 1. The molecule has 0 aliphatic heterocycles. The minimum Gasteiger partial charge on any atom is -0.342 e. The molecule has 2 aliphatic carbocycles. The molecule has 0 radical (unpaired) electrons. The lowest BCUT2D eigenvalue weighted by Gasteiger charge is -2.22. The van der Waals surface area contributed by atoms with E-state index in [0.717, 1.165) is 12.1 Å². The highest BCUT2D eigenvalue weighted by Crippen LogP contribution is 2.48. The molecular formula is C16H21N3. The number of benzene rings is 1. The van der Waals surface area contributed by atoms with Gasteiger partial charge in [-0.3, -0.25) is 0 Å². The molecule has 1 heterocycles. The van der Waals surface area contributed by atoms with Gasteiger partial charge in [0, 0.05) is 17.9 Å². The number of imidazole rings is 1. The molecule has 1 aromatic heterocycles. The van der Waals surface area contributed by atoms with Crippen LogP contribution in [0.25, 0.3) is 11.0 Å². The van der Waals surface area contributed by atoms with Crippen molar-refractivity contribution in [3.63, 3.8) is 0 Å². The summed E-state index contributed by atoms with van der Waals surface area (Å²) in [4.78, 5) is 8.30. The van der Waals surface area contributed by atoms with E-state index >= 15 is 0 Å². The van der Waals surface area contributed by atoms with Gasteiger partial charge in [0.2, 0.25) is 0 Å². The fraction of sp³-hybridized carbons (Fsp3) is 0.562. The molecule has 2 fully saturated rings. The van der Waals surface area contributed by atoms with Gasteiger partial charge >= 0.3 is 0 Å². The van der Waals surface area contributed by atoms with E-state index in [1.54, 1.807) is 0 Å². The van der Waals surface area contributed by atoms with Crippen LogP contribution in [0.1, 0.15) is 49.4 Å². The van der Waals surface area contributed by atoms with Crippen LogP contribution in [0.5, 0.6) is 0 Å². The van der Waals surface area contributed by atoms with Crippen molar-refractivity contribution in [3.8, 4) is 0 Å². The Kier molecular flexibility index (Phi) is 2.46. The van der Waals surface area contributed by atoms with Crippen molar-refractivity contribution in [2.45, 2.75) is 43.4 Å². The van der Waals surface area contributed by atoms with Gasteiger partial charge in [0.05, 0.1) is 11.0 Å². The largest absolute Gasteiger partial charge is 0.342 e. The van der Waals surface area contributed by atoms with E-state index in [1.807, 2.05) is 7.05 Å². The Balaban J connectivity index is 1.70. The third kappa shape index (κ3) is 1.79. The zero-order valence-electron chi connectivity index (χ0n) is 11.5. The minimum atomic E-state index is 0.394. The Bertz CT molecular complexity index is 605. The SMILES string of the molecule is CNCC1(c2ccc3nc(C4CCC4)[nH]c3c2)CC1. The first-order valence-corrected chi connectivity index (χ1v) is 7.45. The third-order valence-electron chi connectivity index (χ3n) is 4.97. The van der Waals surface area contributed by atoms with Gasteiger partial charge in [0.15, 0.2) is 0 Å². The standard InChI is InChI=1S/C16H21N3/c1-17-10-16(7-8-16)12-5-6-13-14(9-12)19-15(18-13)11-3-2-4-11/h5-6,9,11,17H,2-4,7-8,10H2,1H3,(H,18,19). The zero-order chi connectivity index (χ0) is 12.9. The van der Waals surface area contributed by atoms with E-state index in [1.165, 1.54) is 49.0 Å². The summed E-state index contributed by atoms with van der Waals surface area (Å²) < 4.78 is 0. The summed E-state index contributed by atoms with van der Waals surface area (Å²) in [6.45, 7) is 1.09. The molecule has 100 valence electrons. The maximum Gasteiger partial charge on any atom is 0.110 e. The third-order valence-corrected chi connectivity index (χ3v) is 4.97. The Morgan fingerprint density at radius 2 is 2.21 bits per heavy atom. The quantitative estimate of drug-likeness (QED) is 0.881. The van der Waals surface area contributed by atoms with Crippen molar-refractivity contribution in [2.75, 3.05) is 13.6 Å². The van der Waals surface area contributed by atoms with Crippen LogP contribution in [0.15, 0.2) is 18.2 Å². The number of H-pyrrole nitrogens is 1. The van der Waals surface area contributed by atoms with Crippen molar-refractivity contribution >= 4 is 11.0 Å². The van der Waals surface area contributed by atoms with Crippen LogP contribution in [0.2, 0.25) is 0 Å². The van der Waals surface area contributed by atoms with E-state index in [0.29, 0.717) is 11.3 Å². The molecule has 0 spiro atoms. The first kappa shape index (κ1) is 11.5. The highest BCUT2D eigenvalue weighted by atomic mass is 14.9. The molecule has 2 aromatic rings. The van der Waals surface area contributed by atoms with Crippen LogP contribution in [-0.4, -0.2) is 23.6 Å². The van der Waals surface area contributed by atoms with Crippen LogP contribution in [0, 0.1) is 0 Å². The highest BCUT2D eigenvalue weighted by Gasteiger charge is 2.43. The summed E-state index contributed by atoms with van der Waals surface area (Å²) in [5, 5.41) is 3.33. The molecule has 19 heavy (non-hydrogen) atoms. The molecule has 0 unspecified atom stereocenters. The Labute approximate surface area is 113 Å². The summed E-state index contributed by atoms with van der Waals surface area (Å²) in [6.07, 6.45) is 6.58. The highest BCUT2D eigenvalue weighted by molar-refractivity contribution is 5.76. The van der Waals surface area contributed by atoms with Gasteiger partial charge in [-0.05, 0) is 50.4 Å². The van der Waals surface area contributed by atoms with E-state index in [-0.39, 0.29) is 0 Å². The number of fused-ring (bicyclic) bond motifs is 1. The topological polar surface area (TPSA) is 40.7 Å². The number of aromatic amines is 1. The van der Waals surface area contributed by atoms with Crippen molar-refractivity contribution in [3.05, 3.63) is 29.6 Å². The maximum absolute atomic E-state index is 4.75. The molecule has 0 saturated heterocycles. The van der Waals surface area contributed by atoms with Crippen LogP contribution in [0.4, 0.5) is 0 Å². The van der Waals surface area contributed by atoms with Gasteiger partial charge in [-0.25, -0.2) is 4.98 Å². The number of aromatic nitrogens is 2. The lowest BCUT2D eigenvalue weighted by Crippen LogP contribution is -2.23. The molecule has 3 nitrogen and oxygen atoms in total. The van der Waals surface area contributed by atoms with E-state index in [9.17, 15) is 0 Å². The first-order valence-electron chi connectivity index (χ1n) is 7.45. The number of likely N-dealkylation sites (N-methyl/N-ethyl adjacent to an activating group) is 1. The summed E-state index contributed by atoms with van der Waals surface area (Å²) in [5.74, 6) is 1.89. The lowest BCUT2D eigenvalue weighted by molar-refractivity contribution is 0.405. The number of hydrogen-bond donors (Lipinski definition) is 2. The molecule has 1 aromatic carbocycles. The molecule has 3 heteroatoms. The fourth-order valence-electron chi connectivity index (χ4n) is 3.29. The molecule has 2 N–H and O–H groups in total. The van der Waals surface area contributed by atoms with Gasteiger partial charge < -0.3 is 10.3 Å². The molecule has 0 atom stereocenters. The Hall–Kier alpha value is -1.35. The number of rotatable bonds is 4. The van der Waals surface area contributed by atoms with Crippen LogP contribution >= 0.6 is 0 Å². The van der Waals surface area contributed by atoms with E-state index in [4.69, 9.17) is 4.98 Å². The smallest absolute Gasteiger partial charge is 0.110 e.